The Balaban J connectivity index is 3.27. The van der Waals surface area contributed by atoms with Crippen LogP contribution in [0.15, 0.2) is 0 Å². The highest BCUT2D eigenvalue weighted by molar-refractivity contribution is 7.06. The monoisotopic (exact) mass is 138 g/mol. The molecule has 2 nitrogen and oxygen atoms in total. The van der Waals surface area contributed by atoms with Crippen LogP contribution in [0.1, 0.15) is 16.1 Å². The van der Waals surface area contributed by atoms with E-state index in [1.807, 2.05) is 13.8 Å². The third-order valence-corrected chi connectivity index (χ3v) is 1.99. The molecular formula is C6H6N2S. The van der Waals surface area contributed by atoms with E-state index >= 15 is 0 Å². The van der Waals surface area contributed by atoms with E-state index in [0.717, 1.165) is 16.1 Å². The summed E-state index contributed by atoms with van der Waals surface area (Å²) in [5.41, 5.74) is 1.58. The zero-order chi connectivity index (χ0) is 6.85. The van der Waals surface area contributed by atoms with Gasteiger partial charge in [0.25, 0.3) is 0 Å². The van der Waals surface area contributed by atoms with Crippen molar-refractivity contribution in [1.82, 2.24) is 4.37 Å². The lowest BCUT2D eigenvalue weighted by Crippen LogP contribution is -1.75. The molecule has 0 aliphatic rings. The minimum absolute atomic E-state index is 0.736. The van der Waals surface area contributed by atoms with Crippen LogP contribution < -0.4 is 0 Å². The maximum Gasteiger partial charge on any atom is 0.102 e. The molecule has 0 fully saturated rings. The molecule has 0 N–H and O–H groups in total. The molecule has 0 aliphatic carbocycles. The molecule has 1 heterocycles. The van der Waals surface area contributed by atoms with Gasteiger partial charge in [-0.05, 0) is 25.4 Å². The van der Waals surface area contributed by atoms with Crippen molar-refractivity contribution in [3.8, 4) is 6.07 Å². The van der Waals surface area contributed by atoms with Gasteiger partial charge in [-0.15, -0.1) is 0 Å². The van der Waals surface area contributed by atoms with E-state index in [9.17, 15) is 0 Å². The second-order valence-electron chi connectivity index (χ2n) is 1.81. The maximum absolute atomic E-state index is 8.50. The van der Waals surface area contributed by atoms with E-state index in [4.69, 9.17) is 5.26 Å². The third-order valence-electron chi connectivity index (χ3n) is 1.15. The predicted molar refractivity (Wildman–Crippen MR) is 36.3 cm³/mol. The fraction of sp³-hybridized carbons (Fsp3) is 0.333. The SMILES string of the molecule is Cc1nsc(C)c1C#N. The Morgan fingerprint density at radius 1 is 1.56 bits per heavy atom. The lowest BCUT2D eigenvalue weighted by molar-refractivity contribution is 1.30. The van der Waals surface area contributed by atoms with Crippen molar-refractivity contribution in [2.24, 2.45) is 0 Å². The van der Waals surface area contributed by atoms with E-state index in [1.165, 1.54) is 11.5 Å². The average molecular weight is 138 g/mol. The molecule has 0 radical (unpaired) electrons. The Bertz CT molecular complexity index is 237. The summed E-state index contributed by atoms with van der Waals surface area (Å²) in [6.07, 6.45) is 0. The van der Waals surface area contributed by atoms with Gasteiger partial charge in [-0.3, -0.25) is 0 Å². The van der Waals surface area contributed by atoms with E-state index in [2.05, 4.69) is 10.4 Å². The highest BCUT2D eigenvalue weighted by atomic mass is 32.1. The van der Waals surface area contributed by atoms with Crippen LogP contribution in [0.25, 0.3) is 0 Å². The summed E-state index contributed by atoms with van der Waals surface area (Å²) in [6.45, 7) is 3.76. The fourth-order valence-corrected chi connectivity index (χ4v) is 1.29. The average Bonchev–Trinajstić information content (AvgIpc) is 2.12. The van der Waals surface area contributed by atoms with Crippen LogP contribution in [0.3, 0.4) is 0 Å². The van der Waals surface area contributed by atoms with Crippen LogP contribution in [0.5, 0.6) is 0 Å². The van der Waals surface area contributed by atoms with Crippen LogP contribution in [0, 0.1) is 25.2 Å². The number of nitrogens with zero attached hydrogens (tertiary/aromatic N) is 2. The van der Waals surface area contributed by atoms with Crippen LogP contribution >= 0.6 is 11.5 Å². The molecule has 0 amide bonds. The van der Waals surface area contributed by atoms with Gasteiger partial charge in [-0.2, -0.15) is 9.64 Å². The minimum atomic E-state index is 0.736. The van der Waals surface area contributed by atoms with Gasteiger partial charge in [0.05, 0.1) is 11.3 Å². The molecule has 0 atom stereocenters. The van der Waals surface area contributed by atoms with E-state index in [1.54, 1.807) is 0 Å². The first-order chi connectivity index (χ1) is 4.25. The maximum atomic E-state index is 8.50. The summed E-state index contributed by atoms with van der Waals surface area (Å²) >= 11 is 1.38. The molecule has 1 aromatic rings. The van der Waals surface area contributed by atoms with Crippen molar-refractivity contribution >= 4 is 11.5 Å². The molecular weight excluding hydrogens is 132 g/mol. The third kappa shape index (κ3) is 0.936. The smallest absolute Gasteiger partial charge is 0.102 e. The minimum Gasteiger partial charge on any atom is -0.196 e. The van der Waals surface area contributed by atoms with Gasteiger partial charge in [0, 0.05) is 4.88 Å². The summed E-state index contributed by atoms with van der Waals surface area (Å²) in [5, 5.41) is 8.50. The Morgan fingerprint density at radius 2 is 2.22 bits per heavy atom. The number of hydrogen-bond acceptors (Lipinski definition) is 3. The first kappa shape index (κ1) is 6.24. The van der Waals surface area contributed by atoms with Crippen LogP contribution in [0.4, 0.5) is 0 Å². The van der Waals surface area contributed by atoms with Gasteiger partial charge in [-0.25, -0.2) is 0 Å². The predicted octanol–water partition coefficient (Wildman–Crippen LogP) is 1.63. The largest absolute Gasteiger partial charge is 0.196 e. The molecule has 0 spiro atoms. The number of aryl methyl sites for hydroxylation is 2. The molecule has 0 saturated carbocycles. The van der Waals surface area contributed by atoms with Crippen molar-refractivity contribution in [2.75, 3.05) is 0 Å². The van der Waals surface area contributed by atoms with Gasteiger partial charge in [0.1, 0.15) is 6.07 Å². The summed E-state index contributed by atoms with van der Waals surface area (Å²) in [7, 11) is 0. The molecule has 3 heteroatoms. The fourth-order valence-electron chi connectivity index (χ4n) is 0.643. The van der Waals surface area contributed by atoms with Gasteiger partial charge >= 0.3 is 0 Å². The standard InChI is InChI=1S/C6H6N2S/c1-4-6(3-7)5(2)9-8-4/h1-2H3. The van der Waals surface area contributed by atoms with Crippen LogP contribution in [-0.2, 0) is 0 Å². The molecule has 0 bridgehead atoms. The number of nitriles is 1. The molecule has 0 aliphatic heterocycles. The Morgan fingerprint density at radius 3 is 2.44 bits per heavy atom. The second-order valence-corrected chi connectivity index (χ2v) is 2.79. The van der Waals surface area contributed by atoms with E-state index in [-0.39, 0.29) is 0 Å². The second kappa shape index (κ2) is 2.16. The summed E-state index contributed by atoms with van der Waals surface area (Å²) < 4.78 is 4.01. The molecule has 0 aromatic carbocycles. The molecule has 0 unspecified atom stereocenters. The van der Waals surface area contributed by atoms with Crippen molar-refractivity contribution in [3.63, 3.8) is 0 Å². The van der Waals surface area contributed by atoms with E-state index in [0.29, 0.717) is 0 Å². The molecule has 9 heavy (non-hydrogen) atoms. The van der Waals surface area contributed by atoms with Gasteiger partial charge in [0.15, 0.2) is 0 Å². The lowest BCUT2D eigenvalue weighted by Gasteiger charge is -1.80. The van der Waals surface area contributed by atoms with Crippen LogP contribution in [0.2, 0.25) is 0 Å². The normalized spacial score (nSPS) is 9.00. The van der Waals surface area contributed by atoms with Gasteiger partial charge in [-0.1, -0.05) is 0 Å². The Hall–Kier alpha value is -0.880. The zero-order valence-electron chi connectivity index (χ0n) is 5.30. The summed E-state index contributed by atoms with van der Waals surface area (Å²) in [4.78, 5) is 1.01. The number of aromatic nitrogens is 1. The first-order valence-electron chi connectivity index (χ1n) is 2.58. The van der Waals surface area contributed by atoms with Gasteiger partial charge in [0.2, 0.25) is 0 Å². The summed E-state index contributed by atoms with van der Waals surface area (Å²) in [5.74, 6) is 0. The quantitative estimate of drug-likeness (QED) is 0.546. The number of hydrogen-bond donors (Lipinski definition) is 0. The van der Waals surface area contributed by atoms with E-state index < -0.39 is 0 Å². The summed E-state index contributed by atoms with van der Waals surface area (Å²) in [6, 6.07) is 2.09. The van der Waals surface area contributed by atoms with Crippen molar-refractivity contribution in [2.45, 2.75) is 13.8 Å². The Kier molecular flexibility index (Phi) is 1.50. The zero-order valence-corrected chi connectivity index (χ0v) is 6.12. The Labute approximate surface area is 57.9 Å². The number of rotatable bonds is 0. The van der Waals surface area contributed by atoms with Crippen molar-refractivity contribution in [1.29, 1.82) is 5.26 Å². The lowest BCUT2D eigenvalue weighted by atomic mass is 10.2. The highest BCUT2D eigenvalue weighted by Crippen LogP contribution is 2.14. The van der Waals surface area contributed by atoms with Crippen LogP contribution in [-0.4, -0.2) is 4.37 Å². The molecule has 0 saturated heterocycles. The molecule has 1 rings (SSSR count). The van der Waals surface area contributed by atoms with Crippen molar-refractivity contribution < 1.29 is 0 Å². The van der Waals surface area contributed by atoms with Gasteiger partial charge < -0.3 is 0 Å². The first-order valence-corrected chi connectivity index (χ1v) is 3.36. The highest BCUT2D eigenvalue weighted by Gasteiger charge is 2.03. The molecule has 46 valence electrons. The molecule has 1 aromatic heterocycles. The van der Waals surface area contributed by atoms with Crippen molar-refractivity contribution in [3.05, 3.63) is 16.1 Å². The topological polar surface area (TPSA) is 36.7 Å².